The number of aromatic amines is 1. The van der Waals surface area contributed by atoms with Crippen LogP contribution in [0.4, 0.5) is 0 Å². The van der Waals surface area contributed by atoms with E-state index in [1.165, 1.54) is 16.5 Å². The summed E-state index contributed by atoms with van der Waals surface area (Å²) >= 11 is 5.81. The monoisotopic (exact) mass is 355 g/mol. The van der Waals surface area contributed by atoms with Crippen molar-refractivity contribution in [3.8, 4) is 0 Å². The Hall–Kier alpha value is -2.53. The molecule has 2 heterocycles. The van der Waals surface area contributed by atoms with Crippen molar-refractivity contribution in [2.45, 2.75) is 19.9 Å². The summed E-state index contributed by atoms with van der Waals surface area (Å²) in [5, 5.41) is 8.42. The van der Waals surface area contributed by atoms with Crippen LogP contribution in [-0.4, -0.2) is 29.0 Å². The number of aliphatic imine (C=N–C) groups is 1. The summed E-state index contributed by atoms with van der Waals surface area (Å²) < 4.78 is 0. The summed E-state index contributed by atoms with van der Waals surface area (Å²) in [5.41, 5.74) is 3.51. The fraction of sp³-hybridized carbons (Fsp3) is 0.263. The molecule has 3 aromatic rings. The van der Waals surface area contributed by atoms with Crippen LogP contribution in [0.25, 0.3) is 10.9 Å². The number of guanidine groups is 1. The van der Waals surface area contributed by atoms with Gasteiger partial charge < -0.3 is 15.6 Å². The standard InChI is InChI=1S/C19H22ClN5/c1-2-21-19(25-12-14-7-8-18(20)24-11-14)22-10-9-15-13-23-17-6-4-3-5-16(15)17/h3-8,11,13,23H,2,9-10,12H2,1H3,(H2,21,22,25). The first-order chi connectivity index (χ1) is 12.3. The second-order valence-corrected chi connectivity index (χ2v) is 6.11. The molecule has 0 bridgehead atoms. The smallest absolute Gasteiger partial charge is 0.191 e. The normalized spacial score (nSPS) is 11.7. The predicted molar refractivity (Wildman–Crippen MR) is 104 cm³/mol. The van der Waals surface area contributed by atoms with Gasteiger partial charge in [-0.2, -0.15) is 0 Å². The second-order valence-electron chi connectivity index (χ2n) is 5.72. The van der Waals surface area contributed by atoms with Gasteiger partial charge in [0.1, 0.15) is 5.15 Å². The van der Waals surface area contributed by atoms with Crippen LogP contribution in [0.5, 0.6) is 0 Å². The molecule has 6 heteroatoms. The number of aromatic nitrogens is 2. The van der Waals surface area contributed by atoms with Crippen LogP contribution in [0.3, 0.4) is 0 Å². The lowest BCUT2D eigenvalue weighted by Crippen LogP contribution is -2.38. The van der Waals surface area contributed by atoms with Gasteiger partial charge in [0.15, 0.2) is 5.96 Å². The van der Waals surface area contributed by atoms with E-state index in [0.717, 1.165) is 31.0 Å². The lowest BCUT2D eigenvalue weighted by Gasteiger charge is -2.11. The highest BCUT2D eigenvalue weighted by Crippen LogP contribution is 2.17. The first-order valence-corrected chi connectivity index (χ1v) is 8.81. The SMILES string of the molecule is CCNC(=NCc1ccc(Cl)nc1)NCCc1c[nH]c2ccccc12. The van der Waals surface area contributed by atoms with Crippen molar-refractivity contribution in [3.63, 3.8) is 0 Å². The van der Waals surface area contributed by atoms with E-state index in [-0.39, 0.29) is 0 Å². The molecule has 0 amide bonds. The molecule has 25 heavy (non-hydrogen) atoms. The van der Waals surface area contributed by atoms with Crippen molar-refractivity contribution in [2.24, 2.45) is 4.99 Å². The molecule has 0 fully saturated rings. The Morgan fingerprint density at radius 1 is 1.20 bits per heavy atom. The third-order valence-corrected chi connectivity index (χ3v) is 4.14. The van der Waals surface area contributed by atoms with E-state index in [1.807, 2.05) is 12.1 Å². The van der Waals surface area contributed by atoms with Crippen molar-refractivity contribution in [1.29, 1.82) is 0 Å². The molecule has 0 saturated heterocycles. The number of nitrogens with one attached hydrogen (secondary N) is 3. The Bertz CT molecular complexity index is 838. The van der Waals surface area contributed by atoms with Gasteiger partial charge in [-0.3, -0.25) is 0 Å². The number of fused-ring (bicyclic) bond motifs is 1. The van der Waals surface area contributed by atoms with Crippen LogP contribution in [0.15, 0.2) is 53.8 Å². The van der Waals surface area contributed by atoms with Gasteiger partial charge in [0.25, 0.3) is 0 Å². The highest BCUT2D eigenvalue weighted by molar-refractivity contribution is 6.29. The molecule has 0 unspecified atom stereocenters. The molecule has 0 aliphatic heterocycles. The van der Waals surface area contributed by atoms with E-state index >= 15 is 0 Å². The van der Waals surface area contributed by atoms with E-state index < -0.39 is 0 Å². The van der Waals surface area contributed by atoms with Gasteiger partial charge in [0, 0.05) is 36.4 Å². The van der Waals surface area contributed by atoms with Gasteiger partial charge in [0.05, 0.1) is 6.54 Å². The maximum atomic E-state index is 5.81. The average Bonchev–Trinajstić information content (AvgIpc) is 3.04. The minimum absolute atomic E-state index is 0.497. The minimum atomic E-state index is 0.497. The molecule has 1 aromatic carbocycles. The Morgan fingerprint density at radius 2 is 2.08 bits per heavy atom. The van der Waals surface area contributed by atoms with Gasteiger partial charge in [-0.15, -0.1) is 0 Å². The van der Waals surface area contributed by atoms with Crippen LogP contribution in [0.2, 0.25) is 5.15 Å². The van der Waals surface area contributed by atoms with E-state index in [2.05, 4.69) is 56.9 Å². The topological polar surface area (TPSA) is 65.1 Å². The third-order valence-electron chi connectivity index (χ3n) is 3.91. The first-order valence-electron chi connectivity index (χ1n) is 8.44. The van der Waals surface area contributed by atoms with Crippen molar-refractivity contribution < 1.29 is 0 Å². The van der Waals surface area contributed by atoms with Crippen molar-refractivity contribution >= 4 is 28.5 Å². The van der Waals surface area contributed by atoms with Gasteiger partial charge in [-0.1, -0.05) is 35.9 Å². The maximum Gasteiger partial charge on any atom is 0.191 e. The van der Waals surface area contributed by atoms with Crippen LogP contribution >= 0.6 is 11.6 Å². The molecule has 0 radical (unpaired) electrons. The second kappa shape index (κ2) is 8.53. The van der Waals surface area contributed by atoms with E-state index in [9.17, 15) is 0 Å². The number of benzene rings is 1. The largest absolute Gasteiger partial charge is 0.361 e. The summed E-state index contributed by atoms with van der Waals surface area (Å²) in [5.74, 6) is 0.803. The summed E-state index contributed by atoms with van der Waals surface area (Å²) in [7, 11) is 0. The molecule has 0 aliphatic rings. The number of pyridine rings is 1. The maximum absolute atomic E-state index is 5.81. The van der Waals surface area contributed by atoms with Gasteiger partial charge in [0.2, 0.25) is 0 Å². The Morgan fingerprint density at radius 3 is 2.88 bits per heavy atom. The molecule has 130 valence electrons. The van der Waals surface area contributed by atoms with E-state index in [1.54, 1.807) is 12.3 Å². The van der Waals surface area contributed by atoms with Crippen LogP contribution < -0.4 is 10.6 Å². The molecular weight excluding hydrogens is 334 g/mol. The number of hydrogen-bond acceptors (Lipinski definition) is 2. The van der Waals surface area contributed by atoms with E-state index in [4.69, 9.17) is 11.6 Å². The van der Waals surface area contributed by atoms with Gasteiger partial charge in [-0.05, 0) is 36.6 Å². The van der Waals surface area contributed by atoms with Crippen molar-refractivity contribution in [3.05, 3.63) is 65.1 Å². The molecule has 3 N–H and O–H groups in total. The lowest BCUT2D eigenvalue weighted by atomic mass is 10.1. The van der Waals surface area contributed by atoms with Gasteiger partial charge >= 0.3 is 0 Å². The predicted octanol–water partition coefficient (Wildman–Crippen LogP) is 3.51. The van der Waals surface area contributed by atoms with Crippen molar-refractivity contribution in [1.82, 2.24) is 20.6 Å². The highest BCUT2D eigenvalue weighted by Gasteiger charge is 2.03. The molecule has 0 spiro atoms. The minimum Gasteiger partial charge on any atom is -0.361 e. The average molecular weight is 356 g/mol. The number of rotatable bonds is 6. The number of nitrogens with zero attached hydrogens (tertiary/aromatic N) is 2. The quantitative estimate of drug-likeness (QED) is 0.360. The van der Waals surface area contributed by atoms with Crippen LogP contribution in [0, 0.1) is 0 Å². The molecule has 5 nitrogen and oxygen atoms in total. The van der Waals surface area contributed by atoms with E-state index in [0.29, 0.717) is 11.7 Å². The summed E-state index contributed by atoms with van der Waals surface area (Å²) in [4.78, 5) is 12.0. The fourth-order valence-corrected chi connectivity index (χ4v) is 2.78. The zero-order chi connectivity index (χ0) is 17.5. The van der Waals surface area contributed by atoms with Crippen molar-refractivity contribution in [2.75, 3.05) is 13.1 Å². The number of H-pyrrole nitrogens is 1. The lowest BCUT2D eigenvalue weighted by molar-refractivity contribution is 0.801. The molecule has 2 aromatic heterocycles. The summed E-state index contributed by atoms with van der Waals surface area (Å²) in [6.07, 6.45) is 4.76. The number of halogens is 1. The first kappa shape index (κ1) is 17.3. The molecule has 0 atom stereocenters. The van der Waals surface area contributed by atoms with Crippen LogP contribution in [-0.2, 0) is 13.0 Å². The molecular formula is C19H22ClN5. The summed E-state index contributed by atoms with van der Waals surface area (Å²) in [6, 6.07) is 12.1. The zero-order valence-corrected chi connectivity index (χ0v) is 15.0. The van der Waals surface area contributed by atoms with Crippen LogP contribution in [0.1, 0.15) is 18.1 Å². The number of hydrogen-bond donors (Lipinski definition) is 3. The zero-order valence-electron chi connectivity index (χ0n) is 14.2. The Kier molecular flexibility index (Phi) is 5.90. The fourth-order valence-electron chi connectivity index (χ4n) is 2.67. The third kappa shape index (κ3) is 4.73. The molecule has 3 rings (SSSR count). The Labute approximate surface area is 152 Å². The highest BCUT2D eigenvalue weighted by atomic mass is 35.5. The Balaban J connectivity index is 1.58. The molecule has 0 saturated carbocycles. The summed E-state index contributed by atoms with van der Waals surface area (Å²) in [6.45, 7) is 4.25. The van der Waals surface area contributed by atoms with Gasteiger partial charge in [-0.25, -0.2) is 9.98 Å². The molecule has 0 aliphatic carbocycles. The number of para-hydroxylation sites is 1.